The van der Waals surface area contributed by atoms with Gasteiger partial charge in [0.1, 0.15) is 6.73 Å². The van der Waals surface area contributed by atoms with Crippen LogP contribution in [0.25, 0.3) is 11.0 Å². The third-order valence-electron chi connectivity index (χ3n) is 4.65. The Kier molecular flexibility index (Phi) is 4.36. The van der Waals surface area contributed by atoms with Gasteiger partial charge in [-0.3, -0.25) is 14.0 Å². The number of benzene rings is 1. The smallest absolute Gasteiger partial charge is 0.331 e. The SMILES string of the molecule is CCCN(CCC)[C@@H]1Cc2cccc3c2n(c(=O)n3CO)C1. The Labute approximate surface area is 130 Å². The molecule has 0 saturated carbocycles. The molecular formula is C17H25N3O2. The highest BCUT2D eigenvalue weighted by molar-refractivity contribution is 5.80. The van der Waals surface area contributed by atoms with E-state index in [1.54, 1.807) is 0 Å². The van der Waals surface area contributed by atoms with Crippen LogP contribution < -0.4 is 5.69 Å². The van der Waals surface area contributed by atoms with E-state index in [9.17, 15) is 9.90 Å². The molecule has 1 aromatic heterocycles. The fourth-order valence-corrected chi connectivity index (χ4v) is 3.75. The highest BCUT2D eigenvalue weighted by Gasteiger charge is 2.28. The van der Waals surface area contributed by atoms with E-state index in [1.165, 1.54) is 10.1 Å². The molecular weight excluding hydrogens is 278 g/mol. The molecule has 1 aliphatic rings. The monoisotopic (exact) mass is 303 g/mol. The van der Waals surface area contributed by atoms with E-state index in [1.807, 2.05) is 16.7 Å². The summed E-state index contributed by atoms with van der Waals surface area (Å²) >= 11 is 0. The number of hydrogen-bond donors (Lipinski definition) is 1. The third kappa shape index (κ3) is 2.38. The van der Waals surface area contributed by atoms with Crippen molar-refractivity contribution in [3.8, 4) is 0 Å². The lowest BCUT2D eigenvalue weighted by Crippen LogP contribution is -2.44. The molecule has 1 atom stereocenters. The van der Waals surface area contributed by atoms with Gasteiger partial charge in [0.05, 0.1) is 11.0 Å². The molecule has 5 heteroatoms. The molecule has 120 valence electrons. The topological polar surface area (TPSA) is 50.4 Å². The summed E-state index contributed by atoms with van der Waals surface area (Å²) in [7, 11) is 0. The molecule has 0 amide bonds. The molecule has 0 aliphatic carbocycles. The molecule has 0 saturated heterocycles. The predicted octanol–water partition coefficient (Wildman–Crippen LogP) is 1.80. The Morgan fingerprint density at radius 1 is 1.27 bits per heavy atom. The maximum Gasteiger partial charge on any atom is 0.331 e. The first kappa shape index (κ1) is 15.3. The van der Waals surface area contributed by atoms with Gasteiger partial charge >= 0.3 is 5.69 Å². The van der Waals surface area contributed by atoms with Gasteiger partial charge in [0.2, 0.25) is 0 Å². The number of nitrogens with zero attached hydrogens (tertiary/aromatic N) is 3. The van der Waals surface area contributed by atoms with Crippen molar-refractivity contribution < 1.29 is 5.11 Å². The maximum atomic E-state index is 12.6. The van der Waals surface area contributed by atoms with Crippen molar-refractivity contribution in [3.05, 3.63) is 34.2 Å². The van der Waals surface area contributed by atoms with Crippen molar-refractivity contribution >= 4 is 11.0 Å². The molecule has 0 bridgehead atoms. The molecule has 0 fully saturated rings. The highest BCUT2D eigenvalue weighted by atomic mass is 16.3. The summed E-state index contributed by atoms with van der Waals surface area (Å²) in [5.74, 6) is 0. The van der Waals surface area contributed by atoms with Gasteiger partial charge in [-0.2, -0.15) is 0 Å². The largest absolute Gasteiger partial charge is 0.376 e. The fourth-order valence-electron chi connectivity index (χ4n) is 3.75. The van der Waals surface area contributed by atoms with Gasteiger partial charge in [-0.1, -0.05) is 26.0 Å². The summed E-state index contributed by atoms with van der Waals surface area (Å²) in [5, 5.41) is 9.52. The Hall–Kier alpha value is -1.59. The Balaban J connectivity index is 2.04. The normalized spacial score (nSPS) is 17.5. The number of hydrogen-bond acceptors (Lipinski definition) is 3. The number of para-hydroxylation sites is 1. The lowest BCUT2D eigenvalue weighted by Gasteiger charge is -2.34. The number of rotatable bonds is 6. The summed E-state index contributed by atoms with van der Waals surface area (Å²) in [6.45, 7) is 7.00. The lowest BCUT2D eigenvalue weighted by atomic mass is 9.99. The molecule has 0 radical (unpaired) electrons. The van der Waals surface area contributed by atoms with Crippen LogP contribution in [0.4, 0.5) is 0 Å². The minimum atomic E-state index is -0.260. The van der Waals surface area contributed by atoms with Gasteiger partial charge in [-0.15, -0.1) is 0 Å². The first-order valence-electron chi connectivity index (χ1n) is 8.27. The van der Waals surface area contributed by atoms with Crippen LogP contribution in [0.5, 0.6) is 0 Å². The summed E-state index contributed by atoms with van der Waals surface area (Å²) in [6.07, 6.45) is 3.23. The molecule has 0 spiro atoms. The fraction of sp³-hybridized carbons (Fsp3) is 0.588. The standard InChI is InChI=1S/C17H25N3O2/c1-3-8-18(9-4-2)14-10-13-6-5-7-15-16(13)19(11-14)17(22)20(15)12-21/h5-7,14,21H,3-4,8-12H2,1-2H3/t14-/m1/s1. The number of aromatic nitrogens is 2. The predicted molar refractivity (Wildman–Crippen MR) is 88.1 cm³/mol. The van der Waals surface area contributed by atoms with E-state index in [4.69, 9.17) is 0 Å². The average molecular weight is 303 g/mol. The first-order chi connectivity index (χ1) is 10.7. The number of aliphatic hydroxyl groups excluding tert-OH is 1. The zero-order valence-corrected chi connectivity index (χ0v) is 13.5. The van der Waals surface area contributed by atoms with Crippen LogP contribution in [0.3, 0.4) is 0 Å². The zero-order valence-electron chi connectivity index (χ0n) is 13.5. The lowest BCUT2D eigenvalue weighted by molar-refractivity contribution is 0.170. The molecule has 1 N–H and O–H groups in total. The van der Waals surface area contributed by atoms with Crippen molar-refractivity contribution in [1.82, 2.24) is 14.0 Å². The van der Waals surface area contributed by atoms with Crippen molar-refractivity contribution in [3.63, 3.8) is 0 Å². The second kappa shape index (κ2) is 6.26. The van der Waals surface area contributed by atoms with Crippen LogP contribution in [0.2, 0.25) is 0 Å². The summed E-state index contributed by atoms with van der Waals surface area (Å²) in [5.41, 5.74) is 2.98. The second-order valence-corrected chi connectivity index (χ2v) is 6.14. The van der Waals surface area contributed by atoms with Gasteiger partial charge in [-0.25, -0.2) is 4.79 Å². The highest BCUT2D eigenvalue weighted by Crippen LogP contribution is 2.26. The van der Waals surface area contributed by atoms with E-state index in [2.05, 4.69) is 24.8 Å². The van der Waals surface area contributed by atoms with Gasteiger partial charge in [0.15, 0.2) is 0 Å². The van der Waals surface area contributed by atoms with Crippen molar-refractivity contribution in [2.75, 3.05) is 13.1 Å². The minimum Gasteiger partial charge on any atom is -0.376 e. The van der Waals surface area contributed by atoms with Crippen molar-refractivity contribution in [1.29, 1.82) is 0 Å². The van der Waals surface area contributed by atoms with Crippen LogP contribution in [0, 0.1) is 0 Å². The zero-order chi connectivity index (χ0) is 15.7. The van der Waals surface area contributed by atoms with E-state index in [-0.39, 0.29) is 12.4 Å². The number of aliphatic hydroxyl groups is 1. The minimum absolute atomic E-state index is 0.0948. The molecule has 3 rings (SSSR count). The van der Waals surface area contributed by atoms with Gasteiger partial charge in [0.25, 0.3) is 0 Å². The van der Waals surface area contributed by atoms with Crippen LogP contribution in [0.15, 0.2) is 23.0 Å². The molecule has 5 nitrogen and oxygen atoms in total. The van der Waals surface area contributed by atoms with E-state index < -0.39 is 0 Å². The second-order valence-electron chi connectivity index (χ2n) is 6.14. The average Bonchev–Trinajstić information content (AvgIpc) is 2.81. The van der Waals surface area contributed by atoms with Crippen LogP contribution in [-0.2, 0) is 19.7 Å². The summed E-state index contributed by atoms with van der Waals surface area (Å²) in [4.78, 5) is 15.1. The molecule has 2 aromatic rings. The van der Waals surface area contributed by atoms with Crippen LogP contribution >= 0.6 is 0 Å². The van der Waals surface area contributed by atoms with Crippen molar-refractivity contribution in [2.24, 2.45) is 0 Å². The van der Waals surface area contributed by atoms with Crippen LogP contribution in [-0.4, -0.2) is 38.3 Å². The van der Waals surface area contributed by atoms with E-state index in [0.717, 1.165) is 49.9 Å². The maximum absolute atomic E-state index is 12.6. The quantitative estimate of drug-likeness (QED) is 0.885. The summed E-state index contributed by atoms with van der Waals surface area (Å²) < 4.78 is 3.32. The third-order valence-corrected chi connectivity index (χ3v) is 4.65. The van der Waals surface area contributed by atoms with Crippen molar-refractivity contribution in [2.45, 2.75) is 52.4 Å². The molecule has 0 unspecified atom stereocenters. The molecule has 2 heterocycles. The molecule has 1 aliphatic heterocycles. The Bertz CT molecular complexity index is 710. The molecule has 22 heavy (non-hydrogen) atoms. The van der Waals surface area contributed by atoms with Crippen LogP contribution in [0.1, 0.15) is 32.3 Å². The molecule has 1 aromatic carbocycles. The van der Waals surface area contributed by atoms with E-state index >= 15 is 0 Å². The summed E-state index contributed by atoms with van der Waals surface area (Å²) in [6, 6.07) is 6.39. The Morgan fingerprint density at radius 3 is 2.64 bits per heavy atom. The van der Waals surface area contributed by atoms with E-state index in [0.29, 0.717) is 6.04 Å². The van der Waals surface area contributed by atoms with Gasteiger partial charge in [-0.05, 0) is 44.0 Å². The number of imidazole rings is 1. The Morgan fingerprint density at radius 2 is 2.00 bits per heavy atom. The van der Waals surface area contributed by atoms with Gasteiger partial charge < -0.3 is 5.11 Å². The first-order valence-corrected chi connectivity index (χ1v) is 8.27. The van der Waals surface area contributed by atoms with Gasteiger partial charge in [0, 0.05) is 12.6 Å².